The molecule has 5 heteroatoms. The molecule has 0 saturated carbocycles. The maximum absolute atomic E-state index is 11.8. The van der Waals surface area contributed by atoms with Gasteiger partial charge in [0, 0.05) is 25.2 Å². The standard InChI is InChI=1S/C10H10BrNO2S/c1-12-4-8(11)9-7(10(12)13)3-6(15-9)5-14-2/h3-4H,5H2,1-2H3. The molecule has 0 saturated heterocycles. The van der Waals surface area contributed by atoms with Crippen LogP contribution in [0.3, 0.4) is 0 Å². The molecule has 3 nitrogen and oxygen atoms in total. The second kappa shape index (κ2) is 4.08. The van der Waals surface area contributed by atoms with Crippen molar-refractivity contribution in [3.05, 3.63) is 32.0 Å². The van der Waals surface area contributed by atoms with E-state index in [9.17, 15) is 4.79 Å². The van der Waals surface area contributed by atoms with E-state index in [1.54, 1.807) is 36.3 Å². The predicted octanol–water partition coefficient (Wildman–Crippen LogP) is 2.51. The van der Waals surface area contributed by atoms with Crippen LogP contribution in [0.25, 0.3) is 10.1 Å². The highest BCUT2D eigenvalue weighted by Gasteiger charge is 2.09. The van der Waals surface area contributed by atoms with Gasteiger partial charge in [-0.15, -0.1) is 11.3 Å². The molecule has 15 heavy (non-hydrogen) atoms. The highest BCUT2D eigenvalue weighted by atomic mass is 79.9. The molecule has 2 rings (SSSR count). The predicted molar refractivity (Wildman–Crippen MR) is 65.5 cm³/mol. The number of nitrogens with zero attached hydrogens (tertiary/aromatic N) is 1. The van der Waals surface area contributed by atoms with Crippen molar-refractivity contribution >= 4 is 37.4 Å². The van der Waals surface area contributed by atoms with Crippen molar-refractivity contribution < 1.29 is 4.74 Å². The number of aromatic nitrogens is 1. The van der Waals surface area contributed by atoms with Crippen LogP contribution in [0.1, 0.15) is 4.88 Å². The van der Waals surface area contributed by atoms with Gasteiger partial charge in [-0.25, -0.2) is 0 Å². The Balaban J connectivity index is 2.74. The van der Waals surface area contributed by atoms with E-state index >= 15 is 0 Å². The normalized spacial score (nSPS) is 11.1. The summed E-state index contributed by atoms with van der Waals surface area (Å²) in [7, 11) is 3.40. The lowest BCUT2D eigenvalue weighted by Crippen LogP contribution is -2.15. The van der Waals surface area contributed by atoms with Crippen LogP contribution in [-0.4, -0.2) is 11.7 Å². The molecule has 0 atom stereocenters. The first-order valence-corrected chi connectivity index (χ1v) is 6.01. The Morgan fingerprint density at radius 2 is 2.33 bits per heavy atom. The average molecular weight is 288 g/mol. The van der Waals surface area contributed by atoms with Crippen LogP contribution in [0.2, 0.25) is 0 Å². The summed E-state index contributed by atoms with van der Waals surface area (Å²) in [5.74, 6) is 0. The monoisotopic (exact) mass is 287 g/mol. The maximum atomic E-state index is 11.8. The van der Waals surface area contributed by atoms with E-state index in [4.69, 9.17) is 4.74 Å². The van der Waals surface area contributed by atoms with E-state index in [2.05, 4.69) is 15.9 Å². The molecule has 2 aromatic rings. The lowest BCUT2D eigenvalue weighted by molar-refractivity contribution is 0.187. The molecular formula is C10H10BrNO2S. The molecule has 0 spiro atoms. The van der Waals surface area contributed by atoms with Gasteiger partial charge in [0.25, 0.3) is 5.56 Å². The topological polar surface area (TPSA) is 31.2 Å². The summed E-state index contributed by atoms with van der Waals surface area (Å²) in [6.45, 7) is 0.551. The fourth-order valence-corrected chi connectivity index (χ4v) is 3.25. The number of methoxy groups -OCH3 is 1. The molecule has 0 unspecified atom stereocenters. The molecule has 0 amide bonds. The van der Waals surface area contributed by atoms with Gasteiger partial charge in [-0.2, -0.15) is 0 Å². The van der Waals surface area contributed by atoms with Crippen molar-refractivity contribution in [2.75, 3.05) is 7.11 Å². The van der Waals surface area contributed by atoms with Gasteiger partial charge in [-0.05, 0) is 22.0 Å². The Bertz CT molecular complexity index is 558. The molecular weight excluding hydrogens is 278 g/mol. The van der Waals surface area contributed by atoms with Crippen LogP contribution in [0, 0.1) is 0 Å². The van der Waals surface area contributed by atoms with Gasteiger partial charge in [-0.1, -0.05) is 0 Å². The summed E-state index contributed by atoms with van der Waals surface area (Å²) in [6, 6.07) is 1.90. The SMILES string of the molecule is COCc1cc2c(=O)n(C)cc(Br)c2s1. The first-order chi connectivity index (χ1) is 7.13. The third-order valence-corrected chi connectivity index (χ3v) is 4.15. The smallest absolute Gasteiger partial charge is 0.259 e. The number of aryl methyl sites for hydroxylation is 1. The second-order valence-electron chi connectivity index (χ2n) is 3.28. The van der Waals surface area contributed by atoms with E-state index in [0.29, 0.717) is 6.61 Å². The van der Waals surface area contributed by atoms with Crippen molar-refractivity contribution in [3.8, 4) is 0 Å². The summed E-state index contributed by atoms with van der Waals surface area (Å²) in [5, 5.41) is 0.754. The Morgan fingerprint density at radius 1 is 1.60 bits per heavy atom. The molecule has 0 fully saturated rings. The first-order valence-electron chi connectivity index (χ1n) is 4.40. The molecule has 0 radical (unpaired) electrons. The molecule has 0 N–H and O–H groups in total. The van der Waals surface area contributed by atoms with Gasteiger partial charge >= 0.3 is 0 Å². The summed E-state index contributed by atoms with van der Waals surface area (Å²) in [4.78, 5) is 12.9. The molecule has 0 aliphatic heterocycles. The van der Waals surface area contributed by atoms with Crippen LogP contribution in [0.15, 0.2) is 21.5 Å². The van der Waals surface area contributed by atoms with Gasteiger partial charge < -0.3 is 9.30 Å². The Hall–Kier alpha value is -0.650. The van der Waals surface area contributed by atoms with E-state index in [1.165, 1.54) is 0 Å². The van der Waals surface area contributed by atoms with Crippen LogP contribution in [-0.2, 0) is 18.4 Å². The molecule has 0 bridgehead atoms. The van der Waals surface area contributed by atoms with Gasteiger partial charge in [0.15, 0.2) is 0 Å². The second-order valence-corrected chi connectivity index (χ2v) is 5.27. The minimum atomic E-state index is 0.0341. The third-order valence-electron chi connectivity index (χ3n) is 2.14. The number of ether oxygens (including phenoxy) is 1. The van der Waals surface area contributed by atoms with Gasteiger partial charge in [-0.3, -0.25) is 4.79 Å². The fraction of sp³-hybridized carbons (Fsp3) is 0.300. The molecule has 80 valence electrons. The highest BCUT2D eigenvalue weighted by molar-refractivity contribution is 9.10. The number of halogens is 1. The number of hydrogen-bond donors (Lipinski definition) is 0. The molecule has 0 aliphatic carbocycles. The number of hydrogen-bond acceptors (Lipinski definition) is 3. The lowest BCUT2D eigenvalue weighted by atomic mass is 10.3. The minimum Gasteiger partial charge on any atom is -0.379 e. The lowest BCUT2D eigenvalue weighted by Gasteiger charge is -1.98. The fourth-order valence-electron chi connectivity index (χ4n) is 1.47. The van der Waals surface area contributed by atoms with Gasteiger partial charge in [0.1, 0.15) is 0 Å². The average Bonchev–Trinajstić information content (AvgIpc) is 2.60. The van der Waals surface area contributed by atoms with E-state index in [0.717, 1.165) is 19.4 Å². The number of pyridine rings is 1. The van der Waals surface area contributed by atoms with Crippen molar-refractivity contribution in [2.24, 2.45) is 7.05 Å². The number of fused-ring (bicyclic) bond motifs is 1. The Morgan fingerprint density at radius 3 is 3.00 bits per heavy atom. The summed E-state index contributed by atoms with van der Waals surface area (Å²) < 4.78 is 8.57. The number of thiophene rings is 1. The maximum Gasteiger partial charge on any atom is 0.259 e. The van der Waals surface area contributed by atoms with Crippen molar-refractivity contribution in [3.63, 3.8) is 0 Å². The van der Waals surface area contributed by atoms with Gasteiger partial charge in [0.2, 0.25) is 0 Å². The quantitative estimate of drug-likeness (QED) is 0.850. The zero-order chi connectivity index (χ0) is 11.0. The Kier molecular flexibility index (Phi) is 2.95. The van der Waals surface area contributed by atoms with Crippen molar-refractivity contribution in [1.82, 2.24) is 4.57 Å². The Labute approximate surface area is 99.4 Å². The molecule has 0 aliphatic rings. The molecule has 0 aromatic carbocycles. The summed E-state index contributed by atoms with van der Waals surface area (Å²) >= 11 is 5.04. The van der Waals surface area contributed by atoms with E-state index < -0.39 is 0 Å². The van der Waals surface area contributed by atoms with Crippen LogP contribution in [0.5, 0.6) is 0 Å². The molecule has 2 aromatic heterocycles. The largest absolute Gasteiger partial charge is 0.379 e. The van der Waals surface area contributed by atoms with Crippen LogP contribution < -0.4 is 5.56 Å². The van der Waals surface area contributed by atoms with Gasteiger partial charge in [0.05, 0.1) is 21.2 Å². The van der Waals surface area contributed by atoms with Crippen molar-refractivity contribution in [2.45, 2.75) is 6.61 Å². The first kappa shape index (κ1) is 10.9. The van der Waals surface area contributed by atoms with Crippen LogP contribution in [0.4, 0.5) is 0 Å². The van der Waals surface area contributed by atoms with Crippen molar-refractivity contribution in [1.29, 1.82) is 0 Å². The summed E-state index contributed by atoms with van der Waals surface area (Å²) in [5.41, 5.74) is 0.0341. The number of rotatable bonds is 2. The highest BCUT2D eigenvalue weighted by Crippen LogP contribution is 2.29. The van der Waals surface area contributed by atoms with E-state index in [1.807, 2.05) is 6.07 Å². The minimum absolute atomic E-state index is 0.0341. The zero-order valence-electron chi connectivity index (χ0n) is 8.41. The third kappa shape index (κ3) is 1.87. The van der Waals surface area contributed by atoms with Crippen LogP contribution >= 0.6 is 27.3 Å². The van der Waals surface area contributed by atoms with E-state index in [-0.39, 0.29) is 5.56 Å². The summed E-state index contributed by atoms with van der Waals surface area (Å²) in [6.07, 6.45) is 1.79. The zero-order valence-corrected chi connectivity index (χ0v) is 10.8. The molecule has 2 heterocycles.